The van der Waals surface area contributed by atoms with E-state index in [0.717, 1.165) is 42.6 Å². The molecule has 0 aliphatic heterocycles. The Hall–Kier alpha value is -2.28. The summed E-state index contributed by atoms with van der Waals surface area (Å²) in [4.78, 5) is 16.9. The highest BCUT2D eigenvalue weighted by atomic mass is 19.4. The average Bonchev–Trinajstić information content (AvgIpc) is 3.11. The van der Waals surface area contributed by atoms with Crippen molar-refractivity contribution in [1.29, 1.82) is 0 Å². The minimum absolute atomic E-state index is 0.103. The minimum Gasteiger partial charge on any atom is -0.344 e. The van der Waals surface area contributed by atoms with Crippen LogP contribution in [-0.2, 0) is 19.1 Å². The van der Waals surface area contributed by atoms with Crippen molar-refractivity contribution in [2.45, 2.75) is 97.7 Å². The number of halogens is 3. The SMILES string of the molecule is CCCCN(C)CCCCCCCCCn1c(CC)c(C)c2c3c(C(F)(F)F)cc(=O)[nH]c3ccc21. The number of rotatable bonds is 14. The highest BCUT2D eigenvalue weighted by Gasteiger charge is 2.34. The second-order valence-corrected chi connectivity index (χ2v) is 10.1. The van der Waals surface area contributed by atoms with Crippen LogP contribution in [0.15, 0.2) is 23.0 Å². The maximum absolute atomic E-state index is 13.9. The molecule has 0 bridgehead atoms. The van der Waals surface area contributed by atoms with Gasteiger partial charge in [-0.3, -0.25) is 4.79 Å². The molecule has 0 unspecified atom stereocenters. The molecular formula is C29H42F3N3O. The Balaban J connectivity index is 1.65. The van der Waals surface area contributed by atoms with Crippen molar-refractivity contribution in [2.24, 2.45) is 0 Å². The second kappa shape index (κ2) is 12.8. The van der Waals surface area contributed by atoms with Crippen LogP contribution in [0.2, 0.25) is 0 Å². The van der Waals surface area contributed by atoms with E-state index < -0.39 is 17.3 Å². The lowest BCUT2D eigenvalue weighted by atomic mass is 10.0. The number of aryl methyl sites for hydroxylation is 2. The summed E-state index contributed by atoms with van der Waals surface area (Å²) in [5, 5.41) is 0.711. The number of H-pyrrole nitrogens is 1. The summed E-state index contributed by atoms with van der Waals surface area (Å²) < 4.78 is 43.8. The molecule has 2 heterocycles. The van der Waals surface area contributed by atoms with Crippen molar-refractivity contribution in [1.82, 2.24) is 14.5 Å². The Morgan fingerprint density at radius 2 is 1.56 bits per heavy atom. The Morgan fingerprint density at radius 1 is 0.917 bits per heavy atom. The second-order valence-electron chi connectivity index (χ2n) is 10.1. The van der Waals surface area contributed by atoms with Gasteiger partial charge < -0.3 is 14.5 Å². The standard InChI is InChI=1S/C29H42F3N3O/c1-5-7-17-34(4)18-13-11-9-8-10-12-14-19-35-24(6-2)21(3)27-25(35)16-15-23-28(27)22(29(30,31)32)20-26(36)33-23/h15-16,20H,5-14,17-19H2,1-4H3,(H,33,36). The third-order valence-electron chi connectivity index (χ3n) is 7.37. The molecule has 2 aromatic heterocycles. The zero-order valence-corrected chi connectivity index (χ0v) is 22.4. The molecule has 0 saturated heterocycles. The highest BCUT2D eigenvalue weighted by molar-refractivity contribution is 6.09. The third-order valence-corrected chi connectivity index (χ3v) is 7.37. The average molecular weight is 506 g/mol. The number of aromatic nitrogens is 2. The zero-order chi connectivity index (χ0) is 26.3. The molecule has 7 heteroatoms. The van der Waals surface area contributed by atoms with E-state index in [2.05, 4.69) is 28.4 Å². The molecule has 3 aromatic rings. The topological polar surface area (TPSA) is 41.0 Å². The summed E-state index contributed by atoms with van der Waals surface area (Å²) in [6, 6.07) is 4.16. The summed E-state index contributed by atoms with van der Waals surface area (Å²) in [7, 11) is 2.21. The fourth-order valence-corrected chi connectivity index (χ4v) is 5.45. The largest absolute Gasteiger partial charge is 0.417 e. The molecule has 1 N–H and O–H groups in total. The molecule has 4 nitrogen and oxygen atoms in total. The maximum atomic E-state index is 13.9. The monoisotopic (exact) mass is 505 g/mol. The third kappa shape index (κ3) is 6.72. The molecular weight excluding hydrogens is 463 g/mol. The van der Waals surface area contributed by atoms with Crippen LogP contribution in [0.4, 0.5) is 13.2 Å². The van der Waals surface area contributed by atoms with Gasteiger partial charge in [-0.05, 0) is 70.4 Å². The van der Waals surface area contributed by atoms with Crippen molar-refractivity contribution in [3.8, 4) is 0 Å². The summed E-state index contributed by atoms with van der Waals surface area (Å²) in [5.74, 6) is 0. The number of unbranched alkanes of at least 4 members (excludes halogenated alkanes) is 7. The van der Waals surface area contributed by atoms with Crippen LogP contribution in [0, 0.1) is 6.92 Å². The first-order chi connectivity index (χ1) is 17.2. The highest BCUT2D eigenvalue weighted by Crippen LogP contribution is 2.39. The summed E-state index contributed by atoms with van der Waals surface area (Å²) in [6.45, 7) is 9.35. The quantitative estimate of drug-likeness (QED) is 0.227. The van der Waals surface area contributed by atoms with Gasteiger partial charge in [-0.15, -0.1) is 0 Å². The minimum atomic E-state index is -4.59. The van der Waals surface area contributed by atoms with Gasteiger partial charge in [0, 0.05) is 40.1 Å². The van der Waals surface area contributed by atoms with Crippen LogP contribution in [-0.4, -0.2) is 34.6 Å². The molecule has 3 rings (SSSR count). The van der Waals surface area contributed by atoms with Crippen molar-refractivity contribution >= 4 is 21.8 Å². The predicted octanol–water partition coefficient (Wildman–Crippen LogP) is 7.84. The zero-order valence-electron chi connectivity index (χ0n) is 22.4. The number of alkyl halides is 3. The Morgan fingerprint density at radius 3 is 2.19 bits per heavy atom. The number of hydrogen-bond donors (Lipinski definition) is 1. The summed E-state index contributed by atoms with van der Waals surface area (Å²) in [5.41, 5.74) is 1.42. The molecule has 36 heavy (non-hydrogen) atoms. The molecule has 0 radical (unpaired) electrons. The predicted molar refractivity (Wildman–Crippen MR) is 144 cm³/mol. The van der Waals surface area contributed by atoms with Crippen LogP contribution in [0.1, 0.15) is 88.5 Å². The van der Waals surface area contributed by atoms with Gasteiger partial charge in [0.05, 0.1) is 5.56 Å². The fourth-order valence-electron chi connectivity index (χ4n) is 5.45. The molecule has 0 spiro atoms. The maximum Gasteiger partial charge on any atom is 0.417 e. The van der Waals surface area contributed by atoms with Crippen LogP contribution < -0.4 is 5.56 Å². The first-order valence-corrected chi connectivity index (χ1v) is 13.6. The normalized spacial score (nSPS) is 12.4. The van der Waals surface area contributed by atoms with Gasteiger partial charge in [0.1, 0.15) is 0 Å². The van der Waals surface area contributed by atoms with Crippen molar-refractivity contribution in [3.63, 3.8) is 0 Å². The number of hydrogen-bond acceptors (Lipinski definition) is 2. The first kappa shape index (κ1) is 28.3. The lowest BCUT2D eigenvalue weighted by molar-refractivity contribution is -0.136. The van der Waals surface area contributed by atoms with Gasteiger partial charge in [-0.2, -0.15) is 13.2 Å². The van der Waals surface area contributed by atoms with Gasteiger partial charge in [0.2, 0.25) is 5.56 Å². The van der Waals surface area contributed by atoms with Gasteiger partial charge in [-0.25, -0.2) is 0 Å². The van der Waals surface area contributed by atoms with E-state index in [-0.39, 0.29) is 10.9 Å². The molecule has 0 amide bonds. The van der Waals surface area contributed by atoms with E-state index in [1.165, 1.54) is 58.0 Å². The van der Waals surface area contributed by atoms with Crippen LogP contribution in [0.25, 0.3) is 21.8 Å². The molecule has 0 saturated carbocycles. The Kier molecular flexibility index (Phi) is 10.1. The molecule has 0 atom stereocenters. The van der Waals surface area contributed by atoms with Crippen LogP contribution >= 0.6 is 0 Å². The van der Waals surface area contributed by atoms with E-state index >= 15 is 0 Å². The van der Waals surface area contributed by atoms with E-state index in [0.29, 0.717) is 11.5 Å². The van der Waals surface area contributed by atoms with Gasteiger partial charge in [0.15, 0.2) is 0 Å². The van der Waals surface area contributed by atoms with E-state index in [1.807, 2.05) is 19.9 Å². The van der Waals surface area contributed by atoms with E-state index in [1.54, 1.807) is 6.07 Å². The molecule has 0 aliphatic carbocycles. The van der Waals surface area contributed by atoms with E-state index in [9.17, 15) is 18.0 Å². The smallest absolute Gasteiger partial charge is 0.344 e. The molecule has 200 valence electrons. The number of nitrogens with one attached hydrogen (secondary N) is 1. The number of fused-ring (bicyclic) bond motifs is 3. The number of nitrogens with zero attached hydrogens (tertiary/aromatic N) is 2. The summed E-state index contributed by atoms with van der Waals surface area (Å²) in [6.07, 6.45) is 7.01. The van der Waals surface area contributed by atoms with Gasteiger partial charge in [0.25, 0.3) is 0 Å². The number of aromatic amines is 1. The van der Waals surface area contributed by atoms with Crippen molar-refractivity contribution in [3.05, 3.63) is 45.4 Å². The molecule has 1 aromatic carbocycles. The molecule has 0 aliphatic rings. The number of benzene rings is 1. The lowest BCUT2D eigenvalue weighted by Gasteiger charge is -2.15. The van der Waals surface area contributed by atoms with Crippen molar-refractivity contribution < 1.29 is 13.2 Å². The Bertz CT molecular complexity index is 1190. The molecule has 0 fully saturated rings. The van der Waals surface area contributed by atoms with Crippen LogP contribution in [0.3, 0.4) is 0 Å². The van der Waals surface area contributed by atoms with Gasteiger partial charge >= 0.3 is 6.18 Å². The van der Waals surface area contributed by atoms with Gasteiger partial charge in [-0.1, -0.05) is 52.4 Å². The first-order valence-electron chi connectivity index (χ1n) is 13.6. The summed E-state index contributed by atoms with van der Waals surface area (Å²) >= 11 is 0. The number of pyridine rings is 1. The lowest BCUT2D eigenvalue weighted by Crippen LogP contribution is -2.20. The fraction of sp³-hybridized carbons (Fsp3) is 0.621. The Labute approximate surface area is 212 Å². The van der Waals surface area contributed by atoms with E-state index in [4.69, 9.17) is 0 Å². The van der Waals surface area contributed by atoms with Crippen molar-refractivity contribution in [2.75, 3.05) is 20.1 Å². The van der Waals surface area contributed by atoms with Crippen LogP contribution in [0.5, 0.6) is 0 Å².